The molecule has 0 saturated carbocycles. The number of nitrogens with zero attached hydrogens (tertiary/aromatic N) is 1. The minimum absolute atomic E-state index is 0.189. The predicted molar refractivity (Wildman–Crippen MR) is 62.0 cm³/mol. The Kier molecular flexibility index (Phi) is 3.10. The normalized spacial score (nSPS) is 10.2. The third-order valence-electron chi connectivity index (χ3n) is 2.21. The van der Waals surface area contributed by atoms with Gasteiger partial charge in [0, 0.05) is 29.0 Å². The van der Waals surface area contributed by atoms with Crippen molar-refractivity contribution in [2.24, 2.45) is 0 Å². The van der Waals surface area contributed by atoms with Crippen LogP contribution < -0.4 is 15.6 Å². The van der Waals surface area contributed by atoms with Crippen LogP contribution in [0.2, 0.25) is 0 Å². The maximum Gasteiger partial charge on any atom is 0.442 e. The average molecular weight is 299 g/mol. The van der Waals surface area contributed by atoms with Gasteiger partial charge in [-0.15, -0.1) is 0 Å². The van der Waals surface area contributed by atoms with Gasteiger partial charge in [0.1, 0.15) is 5.56 Å². The molecule has 0 saturated heterocycles. The zero-order chi connectivity index (χ0) is 12.4. The Labute approximate surface area is 104 Å². The van der Waals surface area contributed by atoms with Crippen molar-refractivity contribution in [3.05, 3.63) is 44.9 Å². The van der Waals surface area contributed by atoms with Crippen LogP contribution in [-0.2, 0) is 0 Å². The molecule has 2 N–H and O–H groups in total. The van der Waals surface area contributed by atoms with Crippen LogP contribution in [0.4, 0.5) is 0 Å². The molecule has 2 rings (SSSR count). The molecule has 0 unspecified atom stereocenters. The molecule has 0 aliphatic rings. The van der Waals surface area contributed by atoms with Crippen LogP contribution in [0, 0.1) is 0 Å². The van der Waals surface area contributed by atoms with Gasteiger partial charge in [-0.2, -0.15) is 0 Å². The van der Waals surface area contributed by atoms with Gasteiger partial charge in [-0.1, -0.05) is 12.1 Å². The Bertz CT molecular complexity index is 617. The molecule has 2 aromatic rings. The molecule has 1 aromatic carbocycles. The first-order valence-corrected chi connectivity index (χ1v) is 5.55. The van der Waals surface area contributed by atoms with E-state index < -0.39 is 5.63 Å². The minimum Gasteiger partial charge on any atom is -0.355 e. The molecule has 0 radical (unpaired) electrons. The molecule has 0 atom stereocenters. The smallest absolute Gasteiger partial charge is 0.355 e. The molecule has 0 bridgehead atoms. The molecule has 0 aliphatic carbocycles. The molecule has 88 valence electrons. The maximum atomic E-state index is 11.7. The van der Waals surface area contributed by atoms with E-state index in [2.05, 4.69) is 31.0 Å². The van der Waals surface area contributed by atoms with Crippen molar-refractivity contribution in [2.45, 2.75) is 0 Å². The molecule has 6 nitrogen and oxygen atoms in total. The minimum atomic E-state index is -0.545. The number of benzene rings is 1. The first kappa shape index (κ1) is 11.6. The van der Waals surface area contributed by atoms with Crippen LogP contribution >= 0.6 is 15.9 Å². The Morgan fingerprint density at radius 3 is 2.76 bits per heavy atom. The summed E-state index contributed by atoms with van der Waals surface area (Å²) in [5, 5.41) is 4.94. The number of nitrogens with one attached hydrogen (secondary N) is 2. The number of aromatic nitrogens is 2. The van der Waals surface area contributed by atoms with Crippen LogP contribution in [0.1, 0.15) is 10.4 Å². The van der Waals surface area contributed by atoms with Crippen molar-refractivity contribution in [2.75, 3.05) is 7.05 Å². The molecule has 7 heteroatoms. The van der Waals surface area contributed by atoms with E-state index in [4.69, 9.17) is 0 Å². The van der Waals surface area contributed by atoms with Gasteiger partial charge in [-0.25, -0.2) is 4.79 Å². The second kappa shape index (κ2) is 4.54. The van der Waals surface area contributed by atoms with E-state index in [0.717, 1.165) is 0 Å². The quantitative estimate of drug-likeness (QED) is 0.786. The van der Waals surface area contributed by atoms with E-state index in [1.165, 1.54) is 11.7 Å². The number of halogens is 1. The van der Waals surface area contributed by atoms with Gasteiger partial charge in [0.15, 0.2) is 0 Å². The molecule has 1 aromatic heterocycles. The third kappa shape index (κ3) is 2.01. The van der Waals surface area contributed by atoms with E-state index in [9.17, 15) is 9.59 Å². The van der Waals surface area contributed by atoms with Crippen molar-refractivity contribution >= 4 is 21.8 Å². The number of carbonyl (C=O) groups is 1. The number of rotatable bonds is 2. The summed E-state index contributed by atoms with van der Waals surface area (Å²) >= 11 is 3.09. The highest BCUT2D eigenvalue weighted by Gasteiger charge is 2.25. The van der Waals surface area contributed by atoms with E-state index in [1.54, 1.807) is 24.3 Å². The number of hydrogen-bond acceptors (Lipinski definition) is 3. The van der Waals surface area contributed by atoms with E-state index in [1.807, 2.05) is 0 Å². The zero-order valence-corrected chi connectivity index (χ0v) is 10.4. The standard InChI is InChI=1S/C10H8BrN3O3/c1-12-9(15)6-4-2-3-5-7(6)14-8(11)10(16)17-13-14/h2-5H,1H3,(H-,12,13,15,16)/p+1. The fourth-order valence-electron chi connectivity index (χ4n) is 1.41. The van der Waals surface area contributed by atoms with Crippen molar-refractivity contribution in [1.29, 1.82) is 0 Å². The van der Waals surface area contributed by atoms with Crippen LogP contribution in [0.15, 0.2) is 38.2 Å². The fraction of sp³-hybridized carbons (Fsp3) is 0.100. The van der Waals surface area contributed by atoms with Gasteiger partial charge < -0.3 is 5.32 Å². The lowest BCUT2D eigenvalue weighted by atomic mass is 10.1. The number of para-hydroxylation sites is 1. The average Bonchev–Trinajstić information content (AvgIpc) is 2.69. The summed E-state index contributed by atoms with van der Waals surface area (Å²) in [5.74, 6) is -0.248. The molecular weight excluding hydrogens is 290 g/mol. The maximum absolute atomic E-state index is 11.7. The molecule has 1 amide bonds. The topological polar surface area (TPSA) is 79.0 Å². The van der Waals surface area contributed by atoms with Crippen LogP contribution in [0.5, 0.6) is 0 Å². The monoisotopic (exact) mass is 298 g/mol. The lowest BCUT2D eigenvalue weighted by Crippen LogP contribution is -2.38. The SMILES string of the molecule is CNC(=O)c1ccccc1-[n+]1[nH]oc(=O)c1Br. The third-order valence-corrected chi connectivity index (χ3v) is 2.89. The Balaban J connectivity index is 2.64. The van der Waals surface area contributed by atoms with Crippen LogP contribution in [0.25, 0.3) is 5.69 Å². The number of aromatic amines is 1. The Morgan fingerprint density at radius 2 is 2.18 bits per heavy atom. The second-order valence-corrected chi connectivity index (χ2v) is 3.95. The summed E-state index contributed by atoms with van der Waals surface area (Å²) in [6.07, 6.45) is 0. The van der Waals surface area contributed by atoms with Crippen molar-refractivity contribution in [3.63, 3.8) is 0 Å². The van der Waals surface area contributed by atoms with Crippen molar-refractivity contribution in [3.8, 4) is 5.69 Å². The highest BCUT2D eigenvalue weighted by molar-refractivity contribution is 9.10. The lowest BCUT2D eigenvalue weighted by molar-refractivity contribution is -0.680. The number of carbonyl (C=O) groups excluding carboxylic acids is 1. The zero-order valence-electron chi connectivity index (χ0n) is 8.86. The van der Waals surface area contributed by atoms with Crippen molar-refractivity contribution in [1.82, 2.24) is 10.6 Å². The number of hydrogen-bond donors (Lipinski definition) is 2. The van der Waals surface area contributed by atoms with Gasteiger partial charge in [-0.3, -0.25) is 9.32 Å². The number of amides is 1. The first-order chi connectivity index (χ1) is 8.15. The Hall–Kier alpha value is -1.89. The van der Waals surface area contributed by atoms with Crippen LogP contribution in [-0.4, -0.2) is 18.2 Å². The predicted octanol–water partition coefficient (Wildman–Crippen LogP) is 0.367. The fourth-order valence-corrected chi connectivity index (χ4v) is 1.76. The van der Waals surface area contributed by atoms with Gasteiger partial charge in [-0.05, 0) is 16.0 Å². The molecular formula is C10H9BrN3O3+. The van der Waals surface area contributed by atoms with Gasteiger partial charge >= 0.3 is 10.2 Å². The van der Waals surface area contributed by atoms with Gasteiger partial charge in [0.2, 0.25) is 0 Å². The van der Waals surface area contributed by atoms with Crippen LogP contribution in [0.3, 0.4) is 0 Å². The molecule has 0 fully saturated rings. The summed E-state index contributed by atoms with van der Waals surface area (Å²) in [6.45, 7) is 0. The second-order valence-electron chi connectivity index (χ2n) is 3.20. The lowest BCUT2D eigenvalue weighted by Gasteiger charge is -2.00. The highest BCUT2D eigenvalue weighted by atomic mass is 79.9. The summed E-state index contributed by atoms with van der Waals surface area (Å²) in [4.78, 5) is 22.9. The Morgan fingerprint density at radius 1 is 1.47 bits per heavy atom. The molecule has 1 heterocycles. The van der Waals surface area contributed by atoms with Gasteiger partial charge in [0.25, 0.3) is 11.6 Å². The largest absolute Gasteiger partial charge is 0.442 e. The summed E-state index contributed by atoms with van der Waals surface area (Å²) in [7, 11) is 1.54. The highest BCUT2D eigenvalue weighted by Crippen LogP contribution is 2.09. The first-order valence-electron chi connectivity index (χ1n) is 4.75. The van der Waals surface area contributed by atoms with E-state index in [0.29, 0.717) is 11.3 Å². The van der Waals surface area contributed by atoms with Gasteiger partial charge in [0.05, 0.1) is 0 Å². The summed E-state index contributed by atoms with van der Waals surface area (Å²) in [6, 6.07) is 6.84. The molecule has 17 heavy (non-hydrogen) atoms. The number of H-pyrrole nitrogens is 1. The molecule has 0 spiro atoms. The summed E-state index contributed by atoms with van der Waals surface area (Å²) < 4.78 is 6.16. The molecule has 0 aliphatic heterocycles. The van der Waals surface area contributed by atoms with Crippen molar-refractivity contribution < 1.29 is 14.0 Å². The van der Waals surface area contributed by atoms with E-state index in [-0.39, 0.29) is 10.5 Å². The summed E-state index contributed by atoms with van der Waals surface area (Å²) in [5.41, 5.74) is 0.402. The van der Waals surface area contributed by atoms with E-state index >= 15 is 0 Å².